The lowest BCUT2D eigenvalue weighted by atomic mass is 9.99. The Labute approximate surface area is 124 Å². The number of methoxy groups -OCH3 is 1. The number of rotatable bonds is 5. The molecule has 0 spiro atoms. The molecule has 2 aromatic carbocycles. The van der Waals surface area contributed by atoms with Gasteiger partial charge < -0.3 is 14.7 Å². The molecule has 0 aromatic heterocycles. The summed E-state index contributed by atoms with van der Waals surface area (Å²) in [6.07, 6.45) is 0.583. The predicted molar refractivity (Wildman–Crippen MR) is 83.5 cm³/mol. The number of hydrogen-bond acceptors (Lipinski definition) is 3. The highest BCUT2D eigenvalue weighted by Gasteiger charge is 2.12. The van der Waals surface area contributed by atoms with Crippen molar-refractivity contribution in [1.82, 2.24) is 0 Å². The van der Waals surface area contributed by atoms with Gasteiger partial charge in [-0.15, -0.1) is 0 Å². The fourth-order valence-electron chi connectivity index (χ4n) is 2.16. The second-order valence-corrected chi connectivity index (χ2v) is 5.07. The van der Waals surface area contributed by atoms with Gasteiger partial charge in [0.25, 0.3) is 0 Å². The van der Waals surface area contributed by atoms with Crippen LogP contribution < -0.4 is 9.64 Å². The molecule has 2 aromatic rings. The third kappa shape index (κ3) is 3.54. The Morgan fingerprint density at radius 1 is 1.14 bits per heavy atom. The SMILES string of the molecule is COc1ccc(Cc2ccc(N(C)C)cc2C(=O)O)cc1. The van der Waals surface area contributed by atoms with E-state index in [4.69, 9.17) is 4.74 Å². The zero-order valence-corrected chi connectivity index (χ0v) is 12.5. The number of hydrogen-bond donors (Lipinski definition) is 1. The number of nitrogens with zero attached hydrogens (tertiary/aromatic N) is 1. The maximum absolute atomic E-state index is 11.4. The first kappa shape index (κ1) is 14.9. The Morgan fingerprint density at radius 3 is 2.33 bits per heavy atom. The van der Waals surface area contributed by atoms with Crippen molar-refractivity contribution in [3.8, 4) is 5.75 Å². The molecule has 1 N–H and O–H groups in total. The van der Waals surface area contributed by atoms with Gasteiger partial charge in [-0.2, -0.15) is 0 Å². The summed E-state index contributed by atoms with van der Waals surface area (Å²) >= 11 is 0. The van der Waals surface area contributed by atoms with Crippen LogP contribution in [0.15, 0.2) is 42.5 Å². The van der Waals surface area contributed by atoms with Crippen LogP contribution in [0, 0.1) is 0 Å². The second kappa shape index (κ2) is 6.31. The van der Waals surface area contributed by atoms with Crippen molar-refractivity contribution >= 4 is 11.7 Å². The molecule has 0 saturated heterocycles. The zero-order chi connectivity index (χ0) is 15.4. The number of carboxylic acids is 1. The molecule has 4 heteroatoms. The molecule has 0 saturated carbocycles. The first-order chi connectivity index (χ1) is 10.0. The van der Waals surface area contributed by atoms with Crippen molar-refractivity contribution in [2.45, 2.75) is 6.42 Å². The minimum absolute atomic E-state index is 0.344. The fourth-order valence-corrected chi connectivity index (χ4v) is 2.16. The number of carboxylic acid groups (broad SMARTS) is 1. The number of benzene rings is 2. The molecule has 0 aliphatic rings. The van der Waals surface area contributed by atoms with Crippen LogP contribution in [0.25, 0.3) is 0 Å². The molecular formula is C17H19NO3. The normalized spacial score (nSPS) is 10.2. The minimum Gasteiger partial charge on any atom is -0.497 e. The number of anilines is 1. The summed E-state index contributed by atoms with van der Waals surface area (Å²) in [4.78, 5) is 13.3. The Morgan fingerprint density at radius 2 is 1.81 bits per heavy atom. The van der Waals surface area contributed by atoms with Gasteiger partial charge in [0.05, 0.1) is 12.7 Å². The van der Waals surface area contributed by atoms with E-state index in [2.05, 4.69) is 0 Å². The van der Waals surface area contributed by atoms with E-state index in [1.165, 1.54) is 0 Å². The molecule has 0 heterocycles. The van der Waals surface area contributed by atoms with E-state index in [0.29, 0.717) is 12.0 Å². The molecule has 0 atom stereocenters. The first-order valence-electron chi connectivity index (χ1n) is 6.67. The highest BCUT2D eigenvalue weighted by atomic mass is 16.5. The van der Waals surface area contributed by atoms with Gasteiger partial charge in [-0.25, -0.2) is 4.79 Å². The third-order valence-corrected chi connectivity index (χ3v) is 3.39. The first-order valence-corrected chi connectivity index (χ1v) is 6.67. The van der Waals surface area contributed by atoms with E-state index in [9.17, 15) is 9.90 Å². The van der Waals surface area contributed by atoms with Crippen LogP contribution in [-0.4, -0.2) is 32.3 Å². The molecule has 21 heavy (non-hydrogen) atoms. The average Bonchev–Trinajstić information content (AvgIpc) is 2.48. The summed E-state index contributed by atoms with van der Waals surface area (Å²) in [6.45, 7) is 0. The van der Waals surface area contributed by atoms with E-state index in [-0.39, 0.29) is 0 Å². The second-order valence-electron chi connectivity index (χ2n) is 5.07. The third-order valence-electron chi connectivity index (χ3n) is 3.39. The summed E-state index contributed by atoms with van der Waals surface area (Å²) in [5.41, 5.74) is 3.08. The van der Waals surface area contributed by atoms with Crippen LogP contribution in [0.3, 0.4) is 0 Å². The number of aromatic carboxylic acids is 1. The van der Waals surface area contributed by atoms with Crippen LogP contribution in [0.4, 0.5) is 5.69 Å². The molecule has 4 nitrogen and oxygen atoms in total. The number of ether oxygens (including phenoxy) is 1. The summed E-state index contributed by atoms with van der Waals surface area (Å²) < 4.78 is 5.12. The van der Waals surface area contributed by atoms with E-state index >= 15 is 0 Å². The fraction of sp³-hybridized carbons (Fsp3) is 0.235. The maximum atomic E-state index is 11.4. The van der Waals surface area contributed by atoms with Crippen molar-refractivity contribution in [3.63, 3.8) is 0 Å². The standard InChI is InChI=1S/C17H19NO3/c1-18(2)14-7-6-13(16(11-14)17(19)20)10-12-4-8-15(21-3)9-5-12/h4-9,11H,10H2,1-3H3,(H,19,20). The van der Waals surface area contributed by atoms with Crippen LogP contribution >= 0.6 is 0 Å². The average molecular weight is 285 g/mol. The molecule has 110 valence electrons. The Kier molecular flexibility index (Phi) is 4.48. The molecule has 0 aliphatic carbocycles. The Bertz CT molecular complexity index is 633. The van der Waals surface area contributed by atoms with Crippen molar-refractivity contribution in [1.29, 1.82) is 0 Å². The largest absolute Gasteiger partial charge is 0.497 e. The van der Waals surface area contributed by atoms with Crippen LogP contribution in [-0.2, 0) is 6.42 Å². The lowest BCUT2D eigenvalue weighted by Crippen LogP contribution is -2.11. The quantitative estimate of drug-likeness (QED) is 0.917. The van der Waals surface area contributed by atoms with E-state index in [1.807, 2.05) is 55.4 Å². The van der Waals surface area contributed by atoms with Crippen molar-refractivity contribution in [2.75, 3.05) is 26.1 Å². The van der Waals surface area contributed by atoms with Gasteiger partial charge in [0.2, 0.25) is 0 Å². The van der Waals surface area contributed by atoms with Gasteiger partial charge in [-0.1, -0.05) is 18.2 Å². The molecule has 0 radical (unpaired) electrons. The van der Waals surface area contributed by atoms with Gasteiger partial charge in [0.15, 0.2) is 0 Å². The van der Waals surface area contributed by atoms with Gasteiger partial charge in [0.1, 0.15) is 5.75 Å². The summed E-state index contributed by atoms with van der Waals surface area (Å²) in [6, 6.07) is 13.2. The molecule has 0 fully saturated rings. The van der Waals surface area contributed by atoms with Crippen LogP contribution in [0.1, 0.15) is 21.5 Å². The van der Waals surface area contributed by atoms with Crippen LogP contribution in [0.2, 0.25) is 0 Å². The monoisotopic (exact) mass is 285 g/mol. The smallest absolute Gasteiger partial charge is 0.336 e. The predicted octanol–water partition coefficient (Wildman–Crippen LogP) is 3.05. The lowest BCUT2D eigenvalue weighted by molar-refractivity contribution is 0.0696. The van der Waals surface area contributed by atoms with Gasteiger partial charge in [0, 0.05) is 19.8 Å². The van der Waals surface area contributed by atoms with Crippen molar-refractivity contribution in [3.05, 3.63) is 59.2 Å². The highest BCUT2D eigenvalue weighted by molar-refractivity contribution is 5.90. The molecular weight excluding hydrogens is 266 g/mol. The minimum atomic E-state index is -0.901. The summed E-state index contributed by atoms with van der Waals surface area (Å²) in [5.74, 6) is -0.109. The molecule has 0 aliphatic heterocycles. The van der Waals surface area contributed by atoms with Gasteiger partial charge in [-0.05, 0) is 41.8 Å². The molecule has 2 rings (SSSR count). The van der Waals surface area contributed by atoms with Crippen molar-refractivity contribution < 1.29 is 14.6 Å². The summed E-state index contributed by atoms with van der Waals surface area (Å²) in [7, 11) is 5.41. The summed E-state index contributed by atoms with van der Waals surface area (Å²) in [5, 5.41) is 9.39. The van der Waals surface area contributed by atoms with Crippen molar-refractivity contribution in [2.24, 2.45) is 0 Å². The van der Waals surface area contributed by atoms with Gasteiger partial charge >= 0.3 is 5.97 Å². The van der Waals surface area contributed by atoms with Crippen LogP contribution in [0.5, 0.6) is 5.75 Å². The van der Waals surface area contributed by atoms with E-state index < -0.39 is 5.97 Å². The van der Waals surface area contributed by atoms with E-state index in [1.54, 1.807) is 13.2 Å². The zero-order valence-electron chi connectivity index (χ0n) is 12.5. The topological polar surface area (TPSA) is 49.8 Å². The number of carbonyl (C=O) groups is 1. The Balaban J connectivity index is 2.31. The lowest BCUT2D eigenvalue weighted by Gasteiger charge is -2.15. The molecule has 0 amide bonds. The Hall–Kier alpha value is -2.49. The maximum Gasteiger partial charge on any atom is 0.336 e. The molecule has 0 bridgehead atoms. The molecule has 0 unspecified atom stereocenters. The highest BCUT2D eigenvalue weighted by Crippen LogP contribution is 2.22. The van der Waals surface area contributed by atoms with E-state index in [0.717, 1.165) is 22.6 Å². The van der Waals surface area contributed by atoms with Gasteiger partial charge in [-0.3, -0.25) is 0 Å².